The SMILES string of the molecule is COC(=O)c1ccc(N2CCCC2)c(NC(=O)NCc2nc(C)cs2)c1. The molecule has 26 heavy (non-hydrogen) atoms. The highest BCUT2D eigenvalue weighted by Crippen LogP contribution is 2.30. The van der Waals surface area contributed by atoms with E-state index in [-0.39, 0.29) is 6.03 Å². The van der Waals surface area contributed by atoms with E-state index in [0.717, 1.165) is 42.3 Å². The largest absolute Gasteiger partial charge is 0.465 e. The van der Waals surface area contributed by atoms with Crippen molar-refractivity contribution < 1.29 is 14.3 Å². The van der Waals surface area contributed by atoms with Gasteiger partial charge in [0.1, 0.15) is 5.01 Å². The molecule has 1 fully saturated rings. The van der Waals surface area contributed by atoms with Gasteiger partial charge in [0.05, 0.1) is 30.6 Å². The number of aryl methyl sites for hydroxylation is 1. The Hall–Kier alpha value is -2.61. The van der Waals surface area contributed by atoms with Gasteiger partial charge in [-0.15, -0.1) is 11.3 Å². The first-order chi connectivity index (χ1) is 12.6. The molecule has 2 N–H and O–H groups in total. The van der Waals surface area contributed by atoms with Crippen LogP contribution < -0.4 is 15.5 Å². The third-order valence-corrected chi connectivity index (χ3v) is 5.15. The number of hydrogen-bond acceptors (Lipinski definition) is 6. The Morgan fingerprint density at radius 1 is 1.31 bits per heavy atom. The Bertz CT molecular complexity index is 799. The van der Waals surface area contributed by atoms with E-state index in [1.165, 1.54) is 18.4 Å². The molecule has 2 amide bonds. The van der Waals surface area contributed by atoms with Crippen molar-refractivity contribution >= 4 is 34.7 Å². The predicted octanol–water partition coefficient (Wildman–Crippen LogP) is 3.16. The van der Waals surface area contributed by atoms with Gasteiger partial charge in [-0.2, -0.15) is 0 Å². The smallest absolute Gasteiger partial charge is 0.337 e. The summed E-state index contributed by atoms with van der Waals surface area (Å²) in [5, 5.41) is 8.46. The van der Waals surface area contributed by atoms with Crippen LogP contribution in [-0.2, 0) is 11.3 Å². The summed E-state index contributed by atoms with van der Waals surface area (Å²) in [6.07, 6.45) is 2.24. The molecule has 3 rings (SSSR count). The van der Waals surface area contributed by atoms with Crippen LogP contribution in [0.4, 0.5) is 16.2 Å². The molecule has 0 spiro atoms. The molecule has 0 saturated carbocycles. The van der Waals surface area contributed by atoms with Gasteiger partial charge in [-0.1, -0.05) is 0 Å². The monoisotopic (exact) mass is 374 g/mol. The fourth-order valence-electron chi connectivity index (χ4n) is 2.92. The number of hydrogen-bond donors (Lipinski definition) is 2. The van der Waals surface area contributed by atoms with E-state index in [9.17, 15) is 9.59 Å². The number of amides is 2. The number of methoxy groups -OCH3 is 1. The van der Waals surface area contributed by atoms with Crippen LogP contribution >= 0.6 is 11.3 Å². The van der Waals surface area contributed by atoms with Crippen molar-refractivity contribution in [3.63, 3.8) is 0 Å². The Morgan fingerprint density at radius 3 is 2.73 bits per heavy atom. The first-order valence-corrected chi connectivity index (χ1v) is 9.38. The second-order valence-corrected chi connectivity index (χ2v) is 7.05. The average molecular weight is 374 g/mol. The Labute approximate surface area is 156 Å². The van der Waals surface area contributed by atoms with E-state index in [1.54, 1.807) is 12.1 Å². The fourth-order valence-corrected chi connectivity index (χ4v) is 3.63. The molecule has 2 aromatic rings. The lowest BCUT2D eigenvalue weighted by Gasteiger charge is -2.22. The standard InChI is InChI=1S/C18H22N4O3S/c1-12-11-26-16(20-12)10-19-18(24)21-14-9-13(17(23)25-2)5-6-15(14)22-7-3-4-8-22/h5-6,9,11H,3-4,7-8,10H2,1-2H3,(H2,19,21,24). The van der Waals surface area contributed by atoms with Gasteiger partial charge < -0.3 is 20.3 Å². The number of ether oxygens (including phenoxy) is 1. The van der Waals surface area contributed by atoms with Crippen molar-refractivity contribution in [1.82, 2.24) is 10.3 Å². The number of carbonyl (C=O) groups excluding carboxylic acids is 2. The number of anilines is 2. The molecule has 1 aliphatic heterocycles. The molecule has 2 heterocycles. The van der Waals surface area contributed by atoms with Gasteiger partial charge in [0, 0.05) is 24.2 Å². The zero-order valence-corrected chi connectivity index (χ0v) is 15.7. The second-order valence-electron chi connectivity index (χ2n) is 6.11. The van der Waals surface area contributed by atoms with Gasteiger partial charge in [0.25, 0.3) is 0 Å². The topological polar surface area (TPSA) is 83.6 Å². The van der Waals surface area contributed by atoms with Crippen molar-refractivity contribution in [3.05, 3.63) is 39.8 Å². The number of carbonyl (C=O) groups is 2. The van der Waals surface area contributed by atoms with Crippen LogP contribution in [0, 0.1) is 6.92 Å². The molecule has 8 heteroatoms. The van der Waals surface area contributed by atoms with Crippen LogP contribution in [0.3, 0.4) is 0 Å². The van der Waals surface area contributed by atoms with Crippen LogP contribution in [0.5, 0.6) is 0 Å². The number of nitrogens with zero attached hydrogens (tertiary/aromatic N) is 2. The second kappa shape index (κ2) is 8.18. The molecule has 0 radical (unpaired) electrons. The molecule has 0 atom stereocenters. The highest BCUT2D eigenvalue weighted by Gasteiger charge is 2.19. The van der Waals surface area contributed by atoms with Gasteiger partial charge in [-0.3, -0.25) is 0 Å². The highest BCUT2D eigenvalue weighted by atomic mass is 32.1. The van der Waals surface area contributed by atoms with E-state index in [1.807, 2.05) is 18.4 Å². The summed E-state index contributed by atoms with van der Waals surface area (Å²) in [5.74, 6) is -0.431. The van der Waals surface area contributed by atoms with Crippen molar-refractivity contribution in [2.45, 2.75) is 26.3 Å². The van der Waals surface area contributed by atoms with Gasteiger partial charge >= 0.3 is 12.0 Å². The highest BCUT2D eigenvalue weighted by molar-refractivity contribution is 7.09. The zero-order chi connectivity index (χ0) is 18.5. The van der Waals surface area contributed by atoms with Crippen molar-refractivity contribution in [1.29, 1.82) is 0 Å². The molecule has 1 aliphatic rings. The van der Waals surface area contributed by atoms with E-state index in [2.05, 4.69) is 20.5 Å². The lowest BCUT2D eigenvalue weighted by atomic mass is 10.1. The molecule has 7 nitrogen and oxygen atoms in total. The minimum atomic E-state index is -0.431. The third-order valence-electron chi connectivity index (χ3n) is 4.18. The van der Waals surface area contributed by atoms with Gasteiger partial charge in [-0.25, -0.2) is 14.6 Å². The van der Waals surface area contributed by atoms with Crippen LogP contribution in [0.15, 0.2) is 23.6 Å². The lowest BCUT2D eigenvalue weighted by molar-refractivity contribution is 0.0600. The summed E-state index contributed by atoms with van der Waals surface area (Å²) in [5.41, 5.74) is 2.86. The summed E-state index contributed by atoms with van der Waals surface area (Å²) < 4.78 is 4.78. The molecular weight excluding hydrogens is 352 g/mol. The van der Waals surface area contributed by atoms with Gasteiger partial charge in [0.15, 0.2) is 0 Å². The molecular formula is C18H22N4O3S. The number of benzene rings is 1. The minimum Gasteiger partial charge on any atom is -0.465 e. The van der Waals surface area contributed by atoms with E-state index < -0.39 is 5.97 Å². The van der Waals surface area contributed by atoms with Crippen molar-refractivity contribution in [2.75, 3.05) is 30.4 Å². The Morgan fingerprint density at radius 2 is 2.08 bits per heavy atom. The average Bonchev–Trinajstić information content (AvgIpc) is 3.31. The number of thiazole rings is 1. The molecule has 0 bridgehead atoms. The normalized spacial score (nSPS) is 13.5. The molecule has 0 unspecified atom stereocenters. The van der Waals surface area contributed by atoms with Crippen molar-refractivity contribution in [3.8, 4) is 0 Å². The third kappa shape index (κ3) is 4.32. The maximum atomic E-state index is 12.3. The summed E-state index contributed by atoms with van der Waals surface area (Å²) in [4.78, 5) is 30.7. The van der Waals surface area contributed by atoms with E-state index >= 15 is 0 Å². The maximum Gasteiger partial charge on any atom is 0.337 e. The lowest BCUT2D eigenvalue weighted by Crippen LogP contribution is -2.29. The molecule has 1 aromatic carbocycles. The fraction of sp³-hybridized carbons (Fsp3) is 0.389. The number of urea groups is 1. The number of rotatable bonds is 5. The van der Waals surface area contributed by atoms with Gasteiger partial charge in [0.2, 0.25) is 0 Å². The Balaban J connectivity index is 1.74. The van der Waals surface area contributed by atoms with Crippen LogP contribution in [0.25, 0.3) is 0 Å². The molecule has 138 valence electrons. The summed E-state index contributed by atoms with van der Waals surface area (Å²) in [6.45, 7) is 4.15. The van der Waals surface area contributed by atoms with Crippen LogP contribution in [0.1, 0.15) is 33.9 Å². The Kier molecular flexibility index (Phi) is 5.72. The van der Waals surface area contributed by atoms with Crippen LogP contribution in [-0.4, -0.2) is 37.2 Å². The number of nitrogens with one attached hydrogen (secondary N) is 2. The minimum absolute atomic E-state index is 0.333. The van der Waals surface area contributed by atoms with E-state index in [4.69, 9.17) is 4.74 Å². The zero-order valence-electron chi connectivity index (χ0n) is 14.9. The predicted molar refractivity (Wildman–Crippen MR) is 102 cm³/mol. The van der Waals surface area contributed by atoms with Gasteiger partial charge in [-0.05, 0) is 38.0 Å². The van der Waals surface area contributed by atoms with Crippen molar-refractivity contribution in [2.24, 2.45) is 0 Å². The quantitative estimate of drug-likeness (QED) is 0.786. The molecule has 0 aliphatic carbocycles. The summed E-state index contributed by atoms with van der Waals surface area (Å²) in [6, 6.07) is 4.91. The molecule has 1 aromatic heterocycles. The van der Waals surface area contributed by atoms with Crippen LogP contribution in [0.2, 0.25) is 0 Å². The summed E-state index contributed by atoms with van der Waals surface area (Å²) in [7, 11) is 1.34. The number of aromatic nitrogens is 1. The van der Waals surface area contributed by atoms with E-state index in [0.29, 0.717) is 17.8 Å². The maximum absolute atomic E-state index is 12.3. The molecule has 1 saturated heterocycles. The summed E-state index contributed by atoms with van der Waals surface area (Å²) >= 11 is 1.51. The first kappa shape index (κ1) is 18.2. The number of esters is 1. The first-order valence-electron chi connectivity index (χ1n) is 8.50.